The quantitative estimate of drug-likeness (QED) is 0.860. The molecule has 1 aliphatic rings. The van der Waals surface area contributed by atoms with Crippen molar-refractivity contribution in [2.24, 2.45) is 0 Å². The van der Waals surface area contributed by atoms with Crippen LogP contribution in [-0.2, 0) is 14.6 Å². The van der Waals surface area contributed by atoms with Crippen molar-refractivity contribution in [3.63, 3.8) is 0 Å². The number of halogens is 1. The second-order valence-electron chi connectivity index (χ2n) is 5.61. The fraction of sp³-hybridized carbons (Fsp3) is 0.533. The van der Waals surface area contributed by atoms with Gasteiger partial charge in [0.1, 0.15) is 0 Å². The van der Waals surface area contributed by atoms with E-state index < -0.39 is 21.2 Å². The van der Waals surface area contributed by atoms with Gasteiger partial charge in [0.25, 0.3) is 0 Å². The zero-order chi connectivity index (χ0) is 16.3. The van der Waals surface area contributed by atoms with Crippen molar-refractivity contribution in [1.82, 2.24) is 5.32 Å². The number of anilines is 1. The molecule has 1 amide bonds. The van der Waals surface area contributed by atoms with Gasteiger partial charge in [-0.05, 0) is 57.0 Å². The summed E-state index contributed by atoms with van der Waals surface area (Å²) in [4.78, 5) is 11.7. The molecular formula is C15H23ClN2O4S. The van der Waals surface area contributed by atoms with Crippen molar-refractivity contribution in [1.29, 1.82) is 0 Å². The Hall–Kier alpha value is -1.31. The van der Waals surface area contributed by atoms with Gasteiger partial charge in [-0.15, -0.1) is 12.4 Å². The molecule has 1 aromatic rings. The van der Waals surface area contributed by atoms with Gasteiger partial charge in [-0.25, -0.2) is 13.2 Å². The van der Waals surface area contributed by atoms with E-state index in [4.69, 9.17) is 0 Å². The van der Waals surface area contributed by atoms with E-state index in [9.17, 15) is 13.2 Å². The Morgan fingerprint density at radius 2 is 2.09 bits per heavy atom. The number of nitrogens with one attached hydrogen (secondary N) is 2. The first-order valence-electron chi connectivity index (χ1n) is 7.32. The summed E-state index contributed by atoms with van der Waals surface area (Å²) < 4.78 is 29.7. The molecule has 2 N–H and O–H groups in total. The molecule has 0 aliphatic carbocycles. The average molecular weight is 363 g/mol. The Bertz CT molecular complexity index is 655. The van der Waals surface area contributed by atoms with Crippen LogP contribution in [0.5, 0.6) is 0 Å². The molecule has 1 fully saturated rings. The lowest BCUT2D eigenvalue weighted by Crippen LogP contribution is -2.21. The second-order valence-corrected chi connectivity index (χ2v) is 8.08. The summed E-state index contributed by atoms with van der Waals surface area (Å²) in [7, 11) is -2.10. The van der Waals surface area contributed by atoms with Crippen LogP contribution in [0.1, 0.15) is 38.3 Å². The second kappa shape index (κ2) is 7.99. The number of ether oxygens (including phenoxy) is 1. The summed E-state index contributed by atoms with van der Waals surface area (Å²) in [6.45, 7) is 4.20. The maximum Gasteiger partial charge on any atom is 0.411 e. The Morgan fingerprint density at radius 3 is 2.61 bits per heavy atom. The smallest absolute Gasteiger partial charge is 0.411 e. The Kier molecular flexibility index (Phi) is 6.85. The van der Waals surface area contributed by atoms with Crippen molar-refractivity contribution in [3.8, 4) is 0 Å². The molecule has 0 aromatic heterocycles. The lowest BCUT2D eigenvalue weighted by atomic mass is 10.0. The van der Waals surface area contributed by atoms with E-state index in [1.807, 2.05) is 0 Å². The molecule has 0 radical (unpaired) electrons. The number of amides is 1. The van der Waals surface area contributed by atoms with Gasteiger partial charge in [-0.2, -0.15) is 0 Å². The van der Waals surface area contributed by atoms with Crippen LogP contribution in [0.15, 0.2) is 23.1 Å². The lowest BCUT2D eigenvalue weighted by Gasteiger charge is -2.19. The van der Waals surface area contributed by atoms with Crippen LogP contribution >= 0.6 is 12.4 Å². The number of sulfone groups is 1. The normalized spacial score (nSPS) is 17.7. The van der Waals surface area contributed by atoms with Crippen LogP contribution in [-0.4, -0.2) is 33.4 Å². The zero-order valence-electron chi connectivity index (χ0n) is 13.5. The fourth-order valence-corrected chi connectivity index (χ4v) is 3.83. The fourth-order valence-electron chi connectivity index (χ4n) is 2.53. The minimum atomic E-state index is -3.38. The molecular weight excluding hydrogens is 340 g/mol. The highest BCUT2D eigenvalue weighted by Crippen LogP contribution is 2.32. The Balaban J connectivity index is 0.00000264. The van der Waals surface area contributed by atoms with E-state index in [1.165, 1.54) is 7.11 Å². The van der Waals surface area contributed by atoms with E-state index in [1.54, 1.807) is 32.0 Å². The highest BCUT2D eigenvalue weighted by Gasteiger charge is 2.28. The molecule has 0 bridgehead atoms. The molecule has 1 saturated heterocycles. The molecule has 1 atom stereocenters. The molecule has 0 saturated carbocycles. The summed E-state index contributed by atoms with van der Waals surface area (Å²) in [5.74, 6) is 0. The molecule has 0 unspecified atom stereocenters. The zero-order valence-corrected chi connectivity index (χ0v) is 15.1. The van der Waals surface area contributed by atoms with Gasteiger partial charge in [0.05, 0.1) is 17.3 Å². The third kappa shape index (κ3) is 4.37. The monoisotopic (exact) mass is 362 g/mol. The van der Waals surface area contributed by atoms with Crippen molar-refractivity contribution in [2.45, 2.75) is 42.9 Å². The predicted molar refractivity (Wildman–Crippen MR) is 92.0 cm³/mol. The van der Waals surface area contributed by atoms with Gasteiger partial charge >= 0.3 is 6.09 Å². The van der Waals surface area contributed by atoms with Crippen molar-refractivity contribution < 1.29 is 17.9 Å². The first-order chi connectivity index (χ1) is 10.4. The SMILES string of the molecule is COC(=O)Nc1ccc(S(=O)(=O)C(C)C)c([C@@H]2CCCN2)c1.Cl. The van der Waals surface area contributed by atoms with Gasteiger partial charge in [0.2, 0.25) is 0 Å². The van der Waals surface area contributed by atoms with Crippen LogP contribution in [0.25, 0.3) is 0 Å². The summed E-state index contributed by atoms with van der Waals surface area (Å²) in [5.41, 5.74) is 1.23. The molecule has 6 nitrogen and oxygen atoms in total. The van der Waals surface area contributed by atoms with Gasteiger partial charge in [0.15, 0.2) is 9.84 Å². The molecule has 0 spiro atoms. The van der Waals surface area contributed by atoms with Crippen molar-refractivity contribution in [2.75, 3.05) is 19.0 Å². The van der Waals surface area contributed by atoms with E-state index >= 15 is 0 Å². The average Bonchev–Trinajstić information content (AvgIpc) is 3.00. The molecule has 2 rings (SSSR count). The van der Waals surface area contributed by atoms with Gasteiger partial charge in [0, 0.05) is 11.7 Å². The molecule has 1 aliphatic heterocycles. The van der Waals surface area contributed by atoms with Gasteiger partial charge in [-0.1, -0.05) is 0 Å². The number of benzene rings is 1. The number of methoxy groups -OCH3 is 1. The first kappa shape index (κ1) is 19.7. The summed E-state index contributed by atoms with van der Waals surface area (Å²) >= 11 is 0. The highest BCUT2D eigenvalue weighted by atomic mass is 35.5. The molecule has 1 aromatic carbocycles. The predicted octanol–water partition coefficient (Wildman–Crippen LogP) is 2.89. The van der Waals surface area contributed by atoms with Crippen molar-refractivity contribution >= 4 is 34.0 Å². The molecule has 130 valence electrons. The Morgan fingerprint density at radius 1 is 1.39 bits per heavy atom. The van der Waals surface area contributed by atoms with E-state index in [2.05, 4.69) is 15.4 Å². The van der Waals surface area contributed by atoms with E-state index in [0.717, 1.165) is 19.4 Å². The number of carbonyl (C=O) groups is 1. The topological polar surface area (TPSA) is 84.5 Å². The van der Waals surface area contributed by atoms with Gasteiger partial charge in [-0.3, -0.25) is 5.32 Å². The standard InChI is InChI=1S/C15H22N2O4S.ClH/c1-10(2)22(19,20)14-7-6-11(17-15(18)21-3)9-12(14)13-5-4-8-16-13;/h6-7,9-10,13,16H,4-5,8H2,1-3H3,(H,17,18);1H/t13-;/m0./s1. The Labute approximate surface area is 143 Å². The van der Waals surface area contributed by atoms with Crippen LogP contribution < -0.4 is 10.6 Å². The third-order valence-electron chi connectivity index (χ3n) is 3.80. The maximum atomic E-state index is 12.6. The van der Waals surface area contributed by atoms with Crippen molar-refractivity contribution in [3.05, 3.63) is 23.8 Å². The molecule has 1 heterocycles. The van der Waals surface area contributed by atoms with E-state index in [0.29, 0.717) is 16.1 Å². The van der Waals surface area contributed by atoms with Crippen LogP contribution in [0.2, 0.25) is 0 Å². The van der Waals surface area contributed by atoms with Gasteiger partial charge < -0.3 is 10.1 Å². The van der Waals surface area contributed by atoms with Crippen LogP contribution in [0.4, 0.5) is 10.5 Å². The number of hydrogen-bond donors (Lipinski definition) is 2. The first-order valence-corrected chi connectivity index (χ1v) is 8.87. The summed E-state index contributed by atoms with van der Waals surface area (Å²) in [5, 5.41) is 5.40. The largest absolute Gasteiger partial charge is 0.453 e. The third-order valence-corrected chi connectivity index (χ3v) is 6.03. The summed E-state index contributed by atoms with van der Waals surface area (Å²) in [6.07, 6.45) is 1.30. The summed E-state index contributed by atoms with van der Waals surface area (Å²) in [6, 6.07) is 4.86. The minimum Gasteiger partial charge on any atom is -0.453 e. The molecule has 8 heteroatoms. The number of hydrogen-bond acceptors (Lipinski definition) is 5. The highest BCUT2D eigenvalue weighted by molar-refractivity contribution is 7.92. The van der Waals surface area contributed by atoms with Crippen LogP contribution in [0.3, 0.4) is 0 Å². The molecule has 23 heavy (non-hydrogen) atoms. The minimum absolute atomic E-state index is 0. The number of carbonyl (C=O) groups excluding carboxylic acids is 1. The van der Waals surface area contributed by atoms with E-state index in [-0.39, 0.29) is 18.4 Å². The number of rotatable bonds is 4. The van der Waals surface area contributed by atoms with Crippen LogP contribution in [0, 0.1) is 0 Å². The lowest BCUT2D eigenvalue weighted by molar-refractivity contribution is 0.187. The maximum absolute atomic E-state index is 12.6.